The van der Waals surface area contributed by atoms with Crippen molar-refractivity contribution in [1.29, 1.82) is 0 Å². The second kappa shape index (κ2) is 5.79. The molecule has 21 heavy (non-hydrogen) atoms. The average molecular weight is 325 g/mol. The van der Waals surface area contributed by atoms with Crippen molar-refractivity contribution in [3.63, 3.8) is 0 Å². The van der Waals surface area contributed by atoms with Crippen molar-refractivity contribution >= 4 is 23.3 Å². The molecular formula is C13H13ClF4N2O. The van der Waals surface area contributed by atoms with Crippen LogP contribution < -0.4 is 4.90 Å². The molecule has 0 bridgehead atoms. The largest absolute Gasteiger partial charge is 0.404 e. The summed E-state index contributed by atoms with van der Waals surface area (Å²) in [7, 11) is 0. The standard InChI is InChI=1S/C13H13ClF4N2O/c1-7(21)20-5-4-8(6-10(14)13(16,17)18)9-2-3-11(15)19-12(9)20/h2-3,8,10H,4-6H2,1H3. The number of alkyl halides is 4. The highest BCUT2D eigenvalue weighted by molar-refractivity contribution is 6.21. The van der Waals surface area contributed by atoms with Crippen molar-refractivity contribution < 1.29 is 22.4 Å². The molecule has 2 unspecified atom stereocenters. The molecule has 1 aliphatic heterocycles. The number of rotatable bonds is 2. The average Bonchev–Trinajstić information content (AvgIpc) is 2.36. The Labute approximate surface area is 123 Å². The quantitative estimate of drug-likeness (QED) is 0.473. The van der Waals surface area contributed by atoms with E-state index in [0.29, 0.717) is 12.0 Å². The van der Waals surface area contributed by atoms with Crippen molar-refractivity contribution in [3.05, 3.63) is 23.6 Å². The molecule has 0 N–H and O–H groups in total. The van der Waals surface area contributed by atoms with Gasteiger partial charge in [-0.2, -0.15) is 17.6 Å². The summed E-state index contributed by atoms with van der Waals surface area (Å²) < 4.78 is 51.0. The van der Waals surface area contributed by atoms with Crippen LogP contribution in [0.2, 0.25) is 0 Å². The number of hydrogen-bond donors (Lipinski definition) is 0. The summed E-state index contributed by atoms with van der Waals surface area (Å²) in [5.41, 5.74) is 0.424. The van der Waals surface area contributed by atoms with E-state index in [1.54, 1.807) is 0 Å². The lowest BCUT2D eigenvalue weighted by molar-refractivity contribution is -0.132. The van der Waals surface area contributed by atoms with Crippen molar-refractivity contribution in [3.8, 4) is 0 Å². The van der Waals surface area contributed by atoms with Gasteiger partial charge < -0.3 is 0 Å². The summed E-state index contributed by atoms with van der Waals surface area (Å²) in [6.45, 7) is 1.50. The van der Waals surface area contributed by atoms with Crippen LogP contribution in [0.15, 0.2) is 12.1 Å². The maximum absolute atomic E-state index is 13.3. The van der Waals surface area contributed by atoms with Crippen LogP contribution >= 0.6 is 11.6 Å². The maximum Gasteiger partial charge on any atom is 0.404 e. The molecule has 2 atom stereocenters. The van der Waals surface area contributed by atoms with Crippen LogP contribution in [0.3, 0.4) is 0 Å². The first kappa shape index (κ1) is 16.0. The van der Waals surface area contributed by atoms with Crippen LogP contribution in [0.25, 0.3) is 0 Å². The van der Waals surface area contributed by atoms with Crippen molar-refractivity contribution in [1.82, 2.24) is 4.98 Å². The Bertz CT molecular complexity index is 549. The van der Waals surface area contributed by atoms with E-state index in [2.05, 4.69) is 4.98 Å². The first-order valence-corrected chi connectivity index (χ1v) is 6.79. The minimum absolute atomic E-state index is 0.0878. The fraction of sp³-hybridized carbons (Fsp3) is 0.538. The van der Waals surface area contributed by atoms with E-state index in [9.17, 15) is 22.4 Å². The number of nitrogens with zero attached hydrogens (tertiary/aromatic N) is 2. The van der Waals surface area contributed by atoms with Gasteiger partial charge in [-0.25, -0.2) is 4.98 Å². The maximum atomic E-state index is 13.3. The molecular weight excluding hydrogens is 312 g/mol. The number of aromatic nitrogens is 1. The monoisotopic (exact) mass is 324 g/mol. The number of amides is 1. The molecule has 0 radical (unpaired) electrons. The molecule has 116 valence electrons. The number of fused-ring (bicyclic) bond motifs is 1. The van der Waals surface area contributed by atoms with E-state index in [1.165, 1.54) is 17.9 Å². The number of hydrogen-bond acceptors (Lipinski definition) is 2. The van der Waals surface area contributed by atoms with Crippen LogP contribution in [0, 0.1) is 5.95 Å². The van der Waals surface area contributed by atoms with Gasteiger partial charge >= 0.3 is 6.18 Å². The predicted octanol–water partition coefficient (Wildman–Crippen LogP) is 3.62. The number of halogens is 5. The van der Waals surface area contributed by atoms with Crippen LogP contribution in [-0.4, -0.2) is 29.0 Å². The zero-order valence-corrected chi connectivity index (χ0v) is 11.9. The Morgan fingerprint density at radius 3 is 2.76 bits per heavy atom. The first-order chi connectivity index (χ1) is 9.70. The molecule has 0 fully saturated rings. The molecule has 2 rings (SSSR count). The molecule has 0 spiro atoms. The minimum Gasteiger partial charge on any atom is -0.297 e. The lowest BCUT2D eigenvalue weighted by Gasteiger charge is -2.33. The van der Waals surface area contributed by atoms with Gasteiger partial charge in [-0.15, -0.1) is 11.6 Å². The molecule has 0 saturated heterocycles. The Kier molecular flexibility index (Phi) is 4.41. The molecule has 1 aromatic rings. The number of anilines is 1. The molecule has 1 amide bonds. The highest BCUT2D eigenvalue weighted by Gasteiger charge is 2.41. The van der Waals surface area contributed by atoms with E-state index in [0.717, 1.165) is 6.07 Å². The van der Waals surface area contributed by atoms with Crippen molar-refractivity contribution in [2.24, 2.45) is 0 Å². The lowest BCUT2D eigenvalue weighted by atomic mass is 9.88. The number of pyridine rings is 1. The summed E-state index contributed by atoms with van der Waals surface area (Å²) in [6.07, 6.45) is -4.48. The zero-order chi connectivity index (χ0) is 15.8. The minimum atomic E-state index is -4.49. The summed E-state index contributed by atoms with van der Waals surface area (Å²) in [4.78, 5) is 16.4. The van der Waals surface area contributed by atoms with Crippen LogP contribution in [0.1, 0.15) is 31.2 Å². The highest BCUT2D eigenvalue weighted by Crippen LogP contribution is 2.40. The van der Waals surface area contributed by atoms with Gasteiger partial charge in [-0.3, -0.25) is 9.69 Å². The Balaban J connectivity index is 2.31. The van der Waals surface area contributed by atoms with Gasteiger partial charge in [-0.05, 0) is 30.4 Å². The number of carbonyl (C=O) groups excluding carboxylic acids is 1. The fourth-order valence-corrected chi connectivity index (χ4v) is 2.67. The van der Waals surface area contributed by atoms with E-state index >= 15 is 0 Å². The molecule has 2 heterocycles. The van der Waals surface area contributed by atoms with Gasteiger partial charge in [0.05, 0.1) is 0 Å². The van der Waals surface area contributed by atoms with Gasteiger partial charge in [0.2, 0.25) is 11.9 Å². The zero-order valence-electron chi connectivity index (χ0n) is 11.1. The van der Waals surface area contributed by atoms with Gasteiger partial charge in [0, 0.05) is 13.5 Å². The van der Waals surface area contributed by atoms with Crippen molar-refractivity contribution in [2.45, 2.75) is 37.2 Å². The second-order valence-corrected chi connectivity index (χ2v) is 5.47. The summed E-state index contributed by atoms with van der Waals surface area (Å²) in [5.74, 6) is -1.53. The molecule has 0 aromatic carbocycles. The van der Waals surface area contributed by atoms with Gasteiger partial charge in [0.1, 0.15) is 11.2 Å². The predicted molar refractivity (Wildman–Crippen MR) is 69.9 cm³/mol. The normalized spacial score (nSPS) is 20.1. The van der Waals surface area contributed by atoms with Gasteiger partial charge in [0.25, 0.3) is 0 Å². The van der Waals surface area contributed by atoms with Gasteiger partial charge in [-0.1, -0.05) is 6.07 Å². The molecule has 0 saturated carbocycles. The third kappa shape index (κ3) is 3.45. The summed E-state index contributed by atoms with van der Waals surface area (Å²) >= 11 is 5.39. The topological polar surface area (TPSA) is 33.2 Å². The smallest absolute Gasteiger partial charge is 0.297 e. The summed E-state index contributed by atoms with van der Waals surface area (Å²) in [6, 6.07) is 2.45. The van der Waals surface area contributed by atoms with Gasteiger partial charge in [0.15, 0.2) is 0 Å². The van der Waals surface area contributed by atoms with E-state index in [4.69, 9.17) is 11.6 Å². The highest BCUT2D eigenvalue weighted by atomic mass is 35.5. The van der Waals surface area contributed by atoms with E-state index < -0.39 is 23.4 Å². The molecule has 1 aliphatic rings. The Hall–Kier alpha value is -1.37. The molecule has 0 aliphatic carbocycles. The SMILES string of the molecule is CC(=O)N1CCC(CC(Cl)C(F)(F)F)c2ccc(F)nc21. The Morgan fingerprint density at radius 2 is 2.19 bits per heavy atom. The second-order valence-electron chi connectivity index (χ2n) is 4.95. The van der Waals surface area contributed by atoms with E-state index in [-0.39, 0.29) is 24.7 Å². The third-order valence-corrected chi connectivity index (χ3v) is 3.92. The van der Waals surface area contributed by atoms with Crippen LogP contribution in [0.5, 0.6) is 0 Å². The number of carbonyl (C=O) groups is 1. The first-order valence-electron chi connectivity index (χ1n) is 6.35. The van der Waals surface area contributed by atoms with E-state index in [1.807, 2.05) is 0 Å². The Morgan fingerprint density at radius 1 is 1.52 bits per heavy atom. The fourth-order valence-electron chi connectivity index (χ4n) is 2.45. The third-order valence-electron chi connectivity index (χ3n) is 3.49. The van der Waals surface area contributed by atoms with Crippen LogP contribution in [-0.2, 0) is 4.79 Å². The summed E-state index contributed by atoms with van der Waals surface area (Å²) in [5, 5.41) is -1.98. The van der Waals surface area contributed by atoms with Crippen LogP contribution in [0.4, 0.5) is 23.4 Å². The molecule has 1 aromatic heterocycles. The lowest BCUT2D eigenvalue weighted by Crippen LogP contribution is -2.37. The molecule has 3 nitrogen and oxygen atoms in total. The van der Waals surface area contributed by atoms with Crippen molar-refractivity contribution in [2.75, 3.05) is 11.4 Å². The molecule has 8 heteroatoms.